The summed E-state index contributed by atoms with van der Waals surface area (Å²) in [6.45, 7) is 0. The molecule has 0 aliphatic rings. The van der Waals surface area contributed by atoms with Crippen LogP contribution < -0.4 is 14.7 Å². The van der Waals surface area contributed by atoms with E-state index in [4.69, 9.17) is 10.5 Å². The molecule has 1 aromatic carbocycles. The van der Waals surface area contributed by atoms with Crippen LogP contribution in [0.5, 0.6) is 11.5 Å². The molecule has 2 N–H and O–H groups in total. The number of hydrogen-bond donors (Lipinski definition) is 1. The summed E-state index contributed by atoms with van der Waals surface area (Å²) in [7, 11) is 1.41. The van der Waals surface area contributed by atoms with E-state index in [0.717, 1.165) is 0 Å². The molecule has 1 rings (SSSR count). The Morgan fingerprint density at radius 1 is 1.46 bits per heavy atom. The lowest BCUT2D eigenvalue weighted by molar-refractivity contribution is 0.383. The molecule has 1 unspecified atom stereocenters. The van der Waals surface area contributed by atoms with Crippen LogP contribution in [0.1, 0.15) is 0 Å². The molecule has 0 saturated heterocycles. The van der Waals surface area contributed by atoms with Crippen molar-refractivity contribution in [1.29, 1.82) is 0 Å². The smallest absolute Gasteiger partial charge is 0.183 e. The third kappa shape index (κ3) is 2.60. The molecular formula is C7H8NO4S-. The molecule has 0 aliphatic heterocycles. The summed E-state index contributed by atoms with van der Waals surface area (Å²) in [6.07, 6.45) is 0. The van der Waals surface area contributed by atoms with Gasteiger partial charge in [-0.2, -0.15) is 0 Å². The molecule has 1 atom stereocenters. The highest BCUT2D eigenvalue weighted by Gasteiger charge is 2.04. The van der Waals surface area contributed by atoms with Crippen molar-refractivity contribution in [3.8, 4) is 11.5 Å². The Hall–Kier alpha value is -1.27. The second-order valence-corrected chi connectivity index (χ2v) is 2.77. The zero-order valence-corrected chi connectivity index (χ0v) is 7.67. The highest BCUT2D eigenvalue weighted by atomic mass is 32.2. The average Bonchev–Trinajstić information content (AvgIpc) is 2.03. The molecule has 0 saturated carbocycles. The van der Waals surface area contributed by atoms with Crippen LogP contribution in [0.4, 0.5) is 5.69 Å². The van der Waals surface area contributed by atoms with Gasteiger partial charge in [-0.3, -0.25) is 0 Å². The number of anilines is 1. The fourth-order valence-corrected chi connectivity index (χ4v) is 1.11. The third-order valence-corrected chi connectivity index (χ3v) is 1.66. The van der Waals surface area contributed by atoms with Crippen molar-refractivity contribution in [3.63, 3.8) is 0 Å². The molecule has 0 bridgehead atoms. The van der Waals surface area contributed by atoms with Gasteiger partial charge in [0.15, 0.2) is 11.5 Å². The van der Waals surface area contributed by atoms with Crippen molar-refractivity contribution < 1.29 is 17.7 Å². The van der Waals surface area contributed by atoms with Crippen molar-refractivity contribution in [2.24, 2.45) is 0 Å². The maximum Gasteiger partial charge on any atom is 0.183 e. The van der Waals surface area contributed by atoms with E-state index in [1.165, 1.54) is 19.2 Å². The van der Waals surface area contributed by atoms with E-state index < -0.39 is 11.4 Å². The van der Waals surface area contributed by atoms with Crippen molar-refractivity contribution in [1.82, 2.24) is 0 Å². The first-order valence-electron chi connectivity index (χ1n) is 3.34. The van der Waals surface area contributed by atoms with Crippen molar-refractivity contribution in [2.45, 2.75) is 0 Å². The first-order chi connectivity index (χ1) is 6.13. The predicted molar refractivity (Wildman–Crippen MR) is 47.0 cm³/mol. The van der Waals surface area contributed by atoms with E-state index in [2.05, 4.69) is 4.18 Å². The summed E-state index contributed by atoms with van der Waals surface area (Å²) in [5.41, 5.74) is 5.83. The summed E-state index contributed by atoms with van der Waals surface area (Å²) < 4.78 is 29.7. The lowest BCUT2D eigenvalue weighted by Gasteiger charge is -2.11. The lowest BCUT2D eigenvalue weighted by Crippen LogP contribution is -2.00. The minimum atomic E-state index is -2.62. The molecule has 0 heterocycles. The van der Waals surface area contributed by atoms with Crippen LogP contribution in [0.25, 0.3) is 0 Å². The Morgan fingerprint density at radius 2 is 2.15 bits per heavy atom. The zero-order chi connectivity index (χ0) is 9.84. The van der Waals surface area contributed by atoms with Crippen molar-refractivity contribution in [3.05, 3.63) is 18.2 Å². The van der Waals surface area contributed by atoms with Crippen molar-refractivity contribution >= 4 is 17.0 Å². The highest BCUT2D eigenvalue weighted by molar-refractivity contribution is 7.74. The van der Waals surface area contributed by atoms with Crippen LogP contribution in [0.2, 0.25) is 0 Å². The van der Waals surface area contributed by atoms with Gasteiger partial charge in [-0.1, -0.05) is 0 Å². The minimum Gasteiger partial charge on any atom is -0.740 e. The monoisotopic (exact) mass is 202 g/mol. The van der Waals surface area contributed by atoms with Crippen LogP contribution in [-0.4, -0.2) is 15.9 Å². The summed E-state index contributed by atoms with van der Waals surface area (Å²) in [6, 6.07) is 4.48. The summed E-state index contributed by atoms with van der Waals surface area (Å²) in [5.74, 6) is 0.397. The summed E-state index contributed by atoms with van der Waals surface area (Å²) in [4.78, 5) is 0. The Balaban J connectivity index is 3.01. The van der Waals surface area contributed by atoms with E-state index in [1.54, 1.807) is 6.07 Å². The van der Waals surface area contributed by atoms with Gasteiger partial charge in [-0.05, 0) is 12.1 Å². The zero-order valence-electron chi connectivity index (χ0n) is 6.85. The van der Waals surface area contributed by atoms with Gasteiger partial charge in [-0.15, -0.1) is 0 Å². The Morgan fingerprint density at radius 3 is 2.69 bits per heavy atom. The molecule has 0 aromatic heterocycles. The van der Waals surface area contributed by atoms with Gasteiger partial charge < -0.3 is 19.2 Å². The van der Waals surface area contributed by atoms with Crippen LogP contribution in [0.15, 0.2) is 18.2 Å². The fourth-order valence-electron chi connectivity index (χ4n) is 0.832. The number of rotatable bonds is 3. The van der Waals surface area contributed by atoms with Gasteiger partial charge in [0, 0.05) is 11.8 Å². The Labute approximate surface area is 77.9 Å². The molecule has 0 radical (unpaired) electrons. The largest absolute Gasteiger partial charge is 0.740 e. The second-order valence-electron chi connectivity index (χ2n) is 2.20. The van der Waals surface area contributed by atoms with Gasteiger partial charge in [-0.25, -0.2) is 4.21 Å². The third-order valence-electron chi connectivity index (χ3n) is 1.35. The minimum absolute atomic E-state index is 0.0795. The molecular weight excluding hydrogens is 194 g/mol. The van der Waals surface area contributed by atoms with Gasteiger partial charge in [0.25, 0.3) is 0 Å². The van der Waals surface area contributed by atoms with E-state index in [9.17, 15) is 8.76 Å². The summed E-state index contributed by atoms with van der Waals surface area (Å²) >= 11 is -2.62. The second kappa shape index (κ2) is 4.11. The lowest BCUT2D eigenvalue weighted by atomic mass is 10.3. The normalized spacial score (nSPS) is 12.2. The fraction of sp³-hybridized carbons (Fsp3) is 0.143. The average molecular weight is 202 g/mol. The molecule has 72 valence electrons. The maximum atomic E-state index is 10.2. The molecule has 6 heteroatoms. The summed E-state index contributed by atoms with van der Waals surface area (Å²) in [5, 5.41) is 0. The topological polar surface area (TPSA) is 84.6 Å². The molecule has 0 aliphatic carbocycles. The number of methoxy groups -OCH3 is 1. The quantitative estimate of drug-likeness (QED) is 0.568. The molecule has 13 heavy (non-hydrogen) atoms. The first kappa shape index (κ1) is 9.82. The van der Waals surface area contributed by atoms with Gasteiger partial charge >= 0.3 is 0 Å². The molecule has 0 spiro atoms. The Kier molecular flexibility index (Phi) is 3.10. The number of nitrogens with two attached hydrogens (primary N) is 1. The maximum absolute atomic E-state index is 10.2. The van der Waals surface area contributed by atoms with Gasteiger partial charge in [0.05, 0.1) is 7.11 Å². The number of hydrogen-bond acceptors (Lipinski definition) is 5. The van der Waals surface area contributed by atoms with E-state index in [1.807, 2.05) is 0 Å². The first-order valence-corrected chi connectivity index (χ1v) is 4.34. The molecule has 5 nitrogen and oxygen atoms in total. The van der Waals surface area contributed by atoms with E-state index in [0.29, 0.717) is 11.4 Å². The molecule has 0 amide bonds. The van der Waals surface area contributed by atoms with Gasteiger partial charge in [0.2, 0.25) is 0 Å². The molecule has 1 aromatic rings. The Bertz CT molecular complexity index is 328. The SMILES string of the molecule is COc1ccc(N)cc1OS(=O)[O-]. The van der Waals surface area contributed by atoms with Gasteiger partial charge in [0.1, 0.15) is 11.4 Å². The number of ether oxygens (including phenoxy) is 1. The number of benzene rings is 1. The van der Waals surface area contributed by atoms with Crippen LogP contribution >= 0.6 is 0 Å². The highest BCUT2D eigenvalue weighted by Crippen LogP contribution is 2.29. The van der Waals surface area contributed by atoms with Crippen molar-refractivity contribution in [2.75, 3.05) is 12.8 Å². The standard InChI is InChI=1S/C7H9NO4S/c1-11-6-3-2-5(8)4-7(6)12-13(9)10/h2-4H,8H2,1H3,(H,9,10)/p-1. The van der Waals surface area contributed by atoms with E-state index >= 15 is 0 Å². The van der Waals surface area contributed by atoms with Crippen LogP contribution in [-0.2, 0) is 11.4 Å². The van der Waals surface area contributed by atoms with E-state index in [-0.39, 0.29) is 5.75 Å². The predicted octanol–water partition coefficient (Wildman–Crippen LogP) is 0.450. The van der Waals surface area contributed by atoms with Crippen LogP contribution in [0, 0.1) is 0 Å². The van der Waals surface area contributed by atoms with Crippen LogP contribution in [0.3, 0.4) is 0 Å². The molecule has 0 fully saturated rings. The number of nitrogen functional groups attached to an aromatic ring is 1.